The van der Waals surface area contributed by atoms with Gasteiger partial charge in [0.2, 0.25) is 0 Å². The second kappa shape index (κ2) is 66.0. The Morgan fingerprint density at radius 3 is 0.817 bits per heavy atom. The standard InChI is InChI=1S/C74H144O17P2/c1-7-10-12-14-15-16-17-18-19-20-21-22-23-24-25-26-31-34-40-46-52-58-73(78)91-70(63-85-72(77)57-51-45-39-33-30-28-27-29-32-37-43-48-54-66(4)5)65-89-93(82,83)87-61-68(75)60-86-92(80,81)88-64-69(62-84-71(76)56-50-42-13-11-8-2)90-74(79)59-53-47-41-36-35-38-44-49-55-67(6)9-3/h66-70,75H,7-65H2,1-6H3,(H,80,81)(H,82,83)/t67?,68-,69+,70+/m0/s1. The number of hydrogen-bond donors (Lipinski definition) is 3. The van der Waals surface area contributed by atoms with Crippen molar-refractivity contribution >= 4 is 39.5 Å². The van der Waals surface area contributed by atoms with E-state index in [-0.39, 0.29) is 25.7 Å². The summed E-state index contributed by atoms with van der Waals surface area (Å²) in [5.41, 5.74) is 0. The van der Waals surface area contributed by atoms with Gasteiger partial charge < -0.3 is 33.8 Å². The molecule has 6 atom stereocenters. The molecule has 0 amide bonds. The van der Waals surface area contributed by atoms with Crippen molar-refractivity contribution < 1.29 is 80.2 Å². The van der Waals surface area contributed by atoms with Crippen molar-refractivity contribution in [3.63, 3.8) is 0 Å². The molecule has 0 aromatic carbocycles. The lowest BCUT2D eigenvalue weighted by molar-refractivity contribution is -0.161. The van der Waals surface area contributed by atoms with E-state index < -0.39 is 97.5 Å². The Morgan fingerprint density at radius 2 is 0.548 bits per heavy atom. The van der Waals surface area contributed by atoms with Crippen LogP contribution in [0.1, 0.15) is 382 Å². The van der Waals surface area contributed by atoms with Crippen LogP contribution in [0.2, 0.25) is 0 Å². The van der Waals surface area contributed by atoms with Crippen LogP contribution in [-0.2, 0) is 65.4 Å². The third kappa shape index (κ3) is 67.0. The highest BCUT2D eigenvalue weighted by molar-refractivity contribution is 7.47. The molecule has 0 fully saturated rings. The number of rotatable bonds is 73. The molecule has 0 aliphatic rings. The van der Waals surface area contributed by atoms with Crippen molar-refractivity contribution in [2.75, 3.05) is 39.6 Å². The largest absolute Gasteiger partial charge is 0.472 e. The van der Waals surface area contributed by atoms with Gasteiger partial charge in [-0.1, -0.05) is 330 Å². The van der Waals surface area contributed by atoms with Crippen LogP contribution in [0.5, 0.6) is 0 Å². The Morgan fingerprint density at radius 1 is 0.312 bits per heavy atom. The molecule has 0 rings (SSSR count). The SMILES string of the molecule is CCCCCCCCCCCCCCCCCCCCCCCC(=O)O[C@H](COC(=O)CCCCCCCCCCCCCCC(C)C)COP(=O)(O)OC[C@@H](O)COP(=O)(O)OC[C@@H](COC(=O)CCCCCCC)OC(=O)CCCCCCCCCCC(C)CC. The second-order valence-electron chi connectivity index (χ2n) is 27.4. The zero-order valence-corrected chi connectivity index (χ0v) is 62.3. The molecule has 19 heteroatoms. The minimum Gasteiger partial charge on any atom is -0.462 e. The summed E-state index contributed by atoms with van der Waals surface area (Å²) in [6, 6.07) is 0. The molecule has 0 aliphatic carbocycles. The first-order chi connectivity index (χ1) is 44.9. The predicted molar refractivity (Wildman–Crippen MR) is 377 cm³/mol. The zero-order valence-electron chi connectivity index (χ0n) is 60.6. The molecule has 0 saturated heterocycles. The van der Waals surface area contributed by atoms with E-state index in [1.54, 1.807) is 0 Å². The molecule has 0 saturated carbocycles. The molecule has 0 aliphatic heterocycles. The molecule has 3 N–H and O–H groups in total. The fraction of sp³-hybridized carbons (Fsp3) is 0.946. The highest BCUT2D eigenvalue weighted by Crippen LogP contribution is 2.45. The number of carbonyl (C=O) groups excluding carboxylic acids is 4. The van der Waals surface area contributed by atoms with Gasteiger partial charge in [0.05, 0.1) is 26.4 Å². The molecule has 552 valence electrons. The van der Waals surface area contributed by atoms with E-state index >= 15 is 0 Å². The molecule has 3 unspecified atom stereocenters. The van der Waals surface area contributed by atoms with E-state index in [2.05, 4.69) is 41.5 Å². The van der Waals surface area contributed by atoms with Gasteiger partial charge in [-0.15, -0.1) is 0 Å². The van der Waals surface area contributed by atoms with Gasteiger partial charge in [-0.25, -0.2) is 9.13 Å². The Labute approximate surface area is 568 Å². The Bertz CT molecular complexity index is 1810. The third-order valence-corrected chi connectivity index (χ3v) is 19.5. The number of phosphoric acid groups is 2. The number of ether oxygens (including phenoxy) is 4. The molecule has 93 heavy (non-hydrogen) atoms. The van der Waals surface area contributed by atoms with Gasteiger partial charge in [0.25, 0.3) is 0 Å². The minimum absolute atomic E-state index is 0.104. The normalized spacial score (nSPS) is 14.3. The van der Waals surface area contributed by atoms with Crippen molar-refractivity contribution in [2.45, 2.75) is 400 Å². The molecule has 0 aromatic rings. The van der Waals surface area contributed by atoms with Gasteiger partial charge in [-0.05, 0) is 37.5 Å². The molecule has 17 nitrogen and oxygen atoms in total. The van der Waals surface area contributed by atoms with Crippen molar-refractivity contribution in [2.24, 2.45) is 11.8 Å². The van der Waals surface area contributed by atoms with Crippen LogP contribution in [0.25, 0.3) is 0 Å². The third-order valence-electron chi connectivity index (χ3n) is 17.6. The van der Waals surface area contributed by atoms with Gasteiger partial charge in [-0.3, -0.25) is 37.3 Å². The maximum Gasteiger partial charge on any atom is 0.472 e. The lowest BCUT2D eigenvalue weighted by atomic mass is 9.99. The number of hydrogen-bond acceptors (Lipinski definition) is 15. The van der Waals surface area contributed by atoms with Crippen LogP contribution in [0.15, 0.2) is 0 Å². The maximum atomic E-state index is 13.1. The lowest BCUT2D eigenvalue weighted by Gasteiger charge is -2.21. The lowest BCUT2D eigenvalue weighted by Crippen LogP contribution is -2.30. The quantitative estimate of drug-likeness (QED) is 0.0222. The summed E-state index contributed by atoms with van der Waals surface area (Å²) in [6.07, 6.45) is 53.2. The molecule has 0 aromatic heterocycles. The first kappa shape index (κ1) is 91.1. The Balaban J connectivity index is 5.13. The monoisotopic (exact) mass is 1370 g/mol. The number of carbonyl (C=O) groups is 4. The highest BCUT2D eigenvalue weighted by Gasteiger charge is 2.30. The van der Waals surface area contributed by atoms with Gasteiger partial charge in [0, 0.05) is 25.7 Å². The summed E-state index contributed by atoms with van der Waals surface area (Å²) in [5, 5.41) is 10.6. The summed E-state index contributed by atoms with van der Waals surface area (Å²) in [7, 11) is -9.90. The number of aliphatic hydroxyl groups excluding tert-OH is 1. The van der Waals surface area contributed by atoms with Crippen LogP contribution < -0.4 is 0 Å². The average Bonchev–Trinajstić information content (AvgIpc) is 2.71. The molecule has 0 spiro atoms. The van der Waals surface area contributed by atoms with Gasteiger partial charge >= 0.3 is 39.5 Å². The van der Waals surface area contributed by atoms with E-state index in [1.807, 2.05) is 0 Å². The summed E-state index contributed by atoms with van der Waals surface area (Å²) >= 11 is 0. The maximum absolute atomic E-state index is 13.1. The topological polar surface area (TPSA) is 237 Å². The van der Waals surface area contributed by atoms with Gasteiger partial charge in [0.1, 0.15) is 19.3 Å². The Kier molecular flexibility index (Phi) is 64.6. The number of aliphatic hydroxyl groups is 1. The first-order valence-electron chi connectivity index (χ1n) is 38.5. The van der Waals surface area contributed by atoms with Crippen molar-refractivity contribution in [3.05, 3.63) is 0 Å². The first-order valence-corrected chi connectivity index (χ1v) is 41.5. The summed E-state index contributed by atoms with van der Waals surface area (Å²) in [6.45, 7) is 9.49. The van der Waals surface area contributed by atoms with Gasteiger partial charge in [0.15, 0.2) is 12.2 Å². The molecular weight excluding hydrogens is 1220 g/mol. The summed E-state index contributed by atoms with van der Waals surface area (Å²) < 4.78 is 68.2. The minimum atomic E-state index is -4.95. The van der Waals surface area contributed by atoms with Crippen LogP contribution in [0.3, 0.4) is 0 Å². The number of unbranched alkanes of at least 4 members (excludes halogenated alkanes) is 42. The molecule has 0 heterocycles. The van der Waals surface area contributed by atoms with E-state index in [9.17, 15) is 43.2 Å². The fourth-order valence-electron chi connectivity index (χ4n) is 11.3. The number of esters is 4. The molecular formula is C74H144O17P2. The van der Waals surface area contributed by atoms with Crippen LogP contribution in [0, 0.1) is 11.8 Å². The van der Waals surface area contributed by atoms with E-state index in [0.29, 0.717) is 25.7 Å². The summed E-state index contributed by atoms with van der Waals surface area (Å²) in [4.78, 5) is 72.4. The van der Waals surface area contributed by atoms with Gasteiger partial charge in [-0.2, -0.15) is 0 Å². The molecule has 0 bridgehead atoms. The van der Waals surface area contributed by atoms with E-state index in [4.69, 9.17) is 37.0 Å². The van der Waals surface area contributed by atoms with Crippen LogP contribution in [-0.4, -0.2) is 96.7 Å². The molecule has 0 radical (unpaired) electrons. The fourth-order valence-corrected chi connectivity index (χ4v) is 12.8. The smallest absolute Gasteiger partial charge is 0.462 e. The van der Waals surface area contributed by atoms with Crippen LogP contribution in [0.4, 0.5) is 0 Å². The second-order valence-corrected chi connectivity index (χ2v) is 30.3. The van der Waals surface area contributed by atoms with Crippen LogP contribution >= 0.6 is 15.6 Å². The number of phosphoric ester groups is 2. The zero-order chi connectivity index (χ0) is 68.6. The van der Waals surface area contributed by atoms with Crippen molar-refractivity contribution in [1.29, 1.82) is 0 Å². The summed E-state index contributed by atoms with van der Waals surface area (Å²) in [5.74, 6) is -0.580. The van der Waals surface area contributed by atoms with Crippen molar-refractivity contribution in [1.82, 2.24) is 0 Å². The highest BCUT2D eigenvalue weighted by atomic mass is 31.2. The Hall–Kier alpha value is -1.94. The van der Waals surface area contributed by atoms with Crippen molar-refractivity contribution in [3.8, 4) is 0 Å². The van der Waals surface area contributed by atoms with E-state index in [1.165, 1.54) is 193 Å². The van der Waals surface area contributed by atoms with E-state index in [0.717, 1.165) is 108 Å². The predicted octanol–water partition coefficient (Wildman–Crippen LogP) is 21.6. The average molecular weight is 1370 g/mol.